The SMILES string of the molecule is N#Cc1cccc(CNN)n1. The monoisotopic (exact) mass is 148 g/mol. The van der Waals surface area contributed by atoms with E-state index in [1.54, 1.807) is 18.2 Å². The number of nitriles is 1. The molecule has 0 aliphatic carbocycles. The Balaban J connectivity index is 2.85. The van der Waals surface area contributed by atoms with Crippen LogP contribution in [0.1, 0.15) is 11.4 Å². The van der Waals surface area contributed by atoms with Crippen LogP contribution in [0.2, 0.25) is 0 Å². The Morgan fingerprint density at radius 3 is 3.09 bits per heavy atom. The van der Waals surface area contributed by atoms with Crippen LogP contribution in [0.3, 0.4) is 0 Å². The summed E-state index contributed by atoms with van der Waals surface area (Å²) >= 11 is 0. The first kappa shape index (κ1) is 7.66. The Kier molecular flexibility index (Phi) is 2.55. The minimum atomic E-state index is 0.415. The highest BCUT2D eigenvalue weighted by Crippen LogP contribution is 1.96. The van der Waals surface area contributed by atoms with E-state index in [1.165, 1.54) is 0 Å². The number of rotatable bonds is 2. The van der Waals surface area contributed by atoms with Gasteiger partial charge in [-0.05, 0) is 12.1 Å². The van der Waals surface area contributed by atoms with Crippen LogP contribution in [0.4, 0.5) is 0 Å². The zero-order valence-electron chi connectivity index (χ0n) is 5.91. The Hall–Kier alpha value is -1.44. The minimum Gasteiger partial charge on any atom is -0.271 e. The quantitative estimate of drug-likeness (QED) is 0.454. The molecule has 0 aromatic carbocycles. The van der Waals surface area contributed by atoms with Gasteiger partial charge in [-0.1, -0.05) is 6.07 Å². The molecule has 0 aliphatic rings. The normalized spacial score (nSPS) is 9.09. The number of pyridine rings is 1. The highest BCUT2D eigenvalue weighted by molar-refractivity contribution is 5.21. The molecule has 3 N–H and O–H groups in total. The van der Waals surface area contributed by atoms with E-state index in [2.05, 4.69) is 10.4 Å². The van der Waals surface area contributed by atoms with E-state index in [0.29, 0.717) is 12.2 Å². The maximum atomic E-state index is 8.47. The lowest BCUT2D eigenvalue weighted by molar-refractivity contribution is 0.722. The summed E-state index contributed by atoms with van der Waals surface area (Å²) in [5.74, 6) is 5.08. The summed E-state index contributed by atoms with van der Waals surface area (Å²) in [6.07, 6.45) is 0. The molecule has 0 saturated carbocycles. The second-order valence-corrected chi connectivity index (χ2v) is 2.01. The summed E-state index contributed by atoms with van der Waals surface area (Å²) in [5, 5.41) is 8.47. The van der Waals surface area contributed by atoms with Crippen molar-refractivity contribution >= 4 is 0 Å². The van der Waals surface area contributed by atoms with Gasteiger partial charge in [-0.15, -0.1) is 0 Å². The van der Waals surface area contributed by atoms with Crippen molar-refractivity contribution < 1.29 is 0 Å². The molecule has 0 spiro atoms. The topological polar surface area (TPSA) is 74.7 Å². The third-order valence-corrected chi connectivity index (χ3v) is 1.20. The Bertz CT molecular complexity index is 276. The van der Waals surface area contributed by atoms with E-state index in [4.69, 9.17) is 11.1 Å². The van der Waals surface area contributed by atoms with Gasteiger partial charge >= 0.3 is 0 Å². The summed E-state index contributed by atoms with van der Waals surface area (Å²) in [5.41, 5.74) is 3.65. The van der Waals surface area contributed by atoms with E-state index in [-0.39, 0.29) is 0 Å². The van der Waals surface area contributed by atoms with Crippen molar-refractivity contribution in [2.45, 2.75) is 6.54 Å². The van der Waals surface area contributed by atoms with Crippen molar-refractivity contribution in [2.75, 3.05) is 0 Å². The van der Waals surface area contributed by atoms with Gasteiger partial charge in [-0.25, -0.2) is 4.98 Å². The Labute approximate surface area is 64.6 Å². The molecule has 0 aliphatic heterocycles. The predicted octanol–water partition coefficient (Wildman–Crippen LogP) is -0.0834. The molecule has 1 aromatic heterocycles. The van der Waals surface area contributed by atoms with Gasteiger partial charge in [0.25, 0.3) is 0 Å². The summed E-state index contributed by atoms with van der Waals surface area (Å²) in [6, 6.07) is 7.18. The molecule has 1 rings (SSSR count). The first-order chi connectivity index (χ1) is 5.36. The molecule has 4 heteroatoms. The number of hydrogen-bond acceptors (Lipinski definition) is 4. The molecule has 1 heterocycles. The van der Waals surface area contributed by atoms with E-state index >= 15 is 0 Å². The molecule has 0 atom stereocenters. The van der Waals surface area contributed by atoms with Crippen LogP contribution in [0, 0.1) is 11.3 Å². The van der Waals surface area contributed by atoms with Crippen molar-refractivity contribution in [1.29, 1.82) is 5.26 Å². The largest absolute Gasteiger partial charge is 0.271 e. The van der Waals surface area contributed by atoms with Crippen molar-refractivity contribution in [1.82, 2.24) is 10.4 Å². The first-order valence-corrected chi connectivity index (χ1v) is 3.16. The van der Waals surface area contributed by atoms with Crippen molar-refractivity contribution in [3.05, 3.63) is 29.6 Å². The standard InChI is InChI=1S/C7H8N4/c8-4-6-2-1-3-7(11-6)5-10-9/h1-3,10H,5,9H2. The molecule has 0 saturated heterocycles. The van der Waals surface area contributed by atoms with Crippen LogP contribution in [0.25, 0.3) is 0 Å². The van der Waals surface area contributed by atoms with E-state index in [1.807, 2.05) is 6.07 Å². The molecular formula is C7H8N4. The number of nitrogens with one attached hydrogen (secondary N) is 1. The maximum Gasteiger partial charge on any atom is 0.140 e. The maximum absolute atomic E-state index is 8.47. The second kappa shape index (κ2) is 3.66. The minimum absolute atomic E-state index is 0.415. The molecule has 0 unspecified atom stereocenters. The lowest BCUT2D eigenvalue weighted by atomic mass is 10.3. The van der Waals surface area contributed by atoms with Gasteiger partial charge in [0.2, 0.25) is 0 Å². The molecular weight excluding hydrogens is 140 g/mol. The van der Waals surface area contributed by atoms with Crippen molar-refractivity contribution in [3.63, 3.8) is 0 Å². The van der Waals surface area contributed by atoms with Gasteiger partial charge in [-0.3, -0.25) is 11.3 Å². The van der Waals surface area contributed by atoms with E-state index in [9.17, 15) is 0 Å². The Morgan fingerprint density at radius 1 is 1.64 bits per heavy atom. The zero-order chi connectivity index (χ0) is 8.10. The van der Waals surface area contributed by atoms with Gasteiger partial charge in [0, 0.05) is 0 Å². The third-order valence-electron chi connectivity index (χ3n) is 1.20. The van der Waals surface area contributed by atoms with Crippen LogP contribution in [0.15, 0.2) is 18.2 Å². The smallest absolute Gasteiger partial charge is 0.140 e. The van der Waals surface area contributed by atoms with Gasteiger partial charge in [0.1, 0.15) is 11.8 Å². The number of hydrazine groups is 1. The average molecular weight is 148 g/mol. The molecule has 56 valence electrons. The predicted molar refractivity (Wildman–Crippen MR) is 40.0 cm³/mol. The van der Waals surface area contributed by atoms with Crippen LogP contribution >= 0.6 is 0 Å². The fourth-order valence-corrected chi connectivity index (χ4v) is 0.745. The van der Waals surface area contributed by atoms with Crippen LogP contribution < -0.4 is 11.3 Å². The fourth-order valence-electron chi connectivity index (χ4n) is 0.745. The van der Waals surface area contributed by atoms with E-state index in [0.717, 1.165) is 5.69 Å². The van der Waals surface area contributed by atoms with Gasteiger partial charge in [0.05, 0.1) is 12.2 Å². The van der Waals surface area contributed by atoms with Gasteiger partial charge in [0.15, 0.2) is 0 Å². The van der Waals surface area contributed by atoms with Gasteiger partial charge < -0.3 is 0 Å². The van der Waals surface area contributed by atoms with Crippen LogP contribution in [-0.2, 0) is 6.54 Å². The molecule has 0 radical (unpaired) electrons. The highest BCUT2D eigenvalue weighted by Gasteiger charge is 1.93. The molecule has 4 nitrogen and oxygen atoms in total. The fraction of sp³-hybridized carbons (Fsp3) is 0.143. The lowest BCUT2D eigenvalue weighted by Crippen LogP contribution is -2.21. The summed E-state index contributed by atoms with van der Waals surface area (Å²) < 4.78 is 0. The van der Waals surface area contributed by atoms with E-state index < -0.39 is 0 Å². The average Bonchev–Trinajstić information content (AvgIpc) is 2.06. The molecule has 0 bridgehead atoms. The number of hydrogen-bond donors (Lipinski definition) is 2. The number of nitrogens with two attached hydrogens (primary N) is 1. The summed E-state index contributed by atoms with van der Waals surface area (Å²) in [4.78, 5) is 3.98. The Morgan fingerprint density at radius 2 is 2.45 bits per heavy atom. The van der Waals surface area contributed by atoms with Crippen molar-refractivity contribution in [2.24, 2.45) is 5.84 Å². The number of aromatic nitrogens is 1. The van der Waals surface area contributed by atoms with Crippen LogP contribution in [0.5, 0.6) is 0 Å². The number of nitrogens with zero attached hydrogens (tertiary/aromatic N) is 2. The van der Waals surface area contributed by atoms with Crippen molar-refractivity contribution in [3.8, 4) is 6.07 Å². The second-order valence-electron chi connectivity index (χ2n) is 2.01. The summed E-state index contributed by atoms with van der Waals surface area (Å²) in [7, 11) is 0. The molecule has 1 aromatic rings. The lowest BCUT2D eigenvalue weighted by Gasteiger charge is -1.97. The molecule has 11 heavy (non-hydrogen) atoms. The summed E-state index contributed by atoms with van der Waals surface area (Å²) in [6.45, 7) is 0.482. The highest BCUT2D eigenvalue weighted by atomic mass is 15.2. The molecule has 0 fully saturated rings. The molecule has 0 amide bonds. The third kappa shape index (κ3) is 2.00. The van der Waals surface area contributed by atoms with Gasteiger partial charge in [-0.2, -0.15) is 5.26 Å². The van der Waals surface area contributed by atoms with Crippen LogP contribution in [-0.4, -0.2) is 4.98 Å². The zero-order valence-corrected chi connectivity index (χ0v) is 5.91. The first-order valence-electron chi connectivity index (χ1n) is 3.16.